The Hall–Kier alpha value is -0.630. The van der Waals surface area contributed by atoms with Crippen molar-refractivity contribution in [3.05, 3.63) is 11.6 Å². The fourth-order valence-corrected chi connectivity index (χ4v) is 7.58. The molecule has 0 N–H and O–H groups in total. The molecule has 0 aromatic carbocycles. The molecule has 0 bridgehead atoms. The number of rotatable bonds is 1. The van der Waals surface area contributed by atoms with Crippen LogP contribution >= 0.6 is 0 Å². The van der Waals surface area contributed by atoms with E-state index in [0.29, 0.717) is 23.2 Å². The van der Waals surface area contributed by atoms with Crippen LogP contribution in [0.3, 0.4) is 0 Å². The van der Waals surface area contributed by atoms with Crippen LogP contribution in [-0.2, 0) is 9.53 Å². The van der Waals surface area contributed by atoms with Gasteiger partial charge in [-0.2, -0.15) is 0 Å². The number of ether oxygens (including phenoxy) is 1. The van der Waals surface area contributed by atoms with Crippen molar-refractivity contribution in [1.82, 2.24) is 0 Å². The van der Waals surface area contributed by atoms with E-state index >= 15 is 0 Å². The number of methoxy groups -OCH3 is 1. The molecule has 0 aliphatic heterocycles. The number of hydrogen-bond acceptors (Lipinski definition) is 2. The smallest absolute Gasteiger partial charge is 0.158 e. The van der Waals surface area contributed by atoms with Gasteiger partial charge in [0.2, 0.25) is 0 Å². The summed E-state index contributed by atoms with van der Waals surface area (Å²) in [5, 5.41) is 0. The normalized spacial score (nSPS) is 53.9. The van der Waals surface area contributed by atoms with Crippen molar-refractivity contribution in [3.63, 3.8) is 0 Å². The maximum Gasteiger partial charge on any atom is 0.158 e. The van der Waals surface area contributed by atoms with Crippen LogP contribution in [0.1, 0.15) is 66.2 Å². The summed E-state index contributed by atoms with van der Waals surface area (Å²) in [6.45, 7) is 9.57. The van der Waals surface area contributed by atoms with E-state index in [9.17, 15) is 4.79 Å². The summed E-state index contributed by atoms with van der Waals surface area (Å²) < 4.78 is 5.91. The Balaban J connectivity index is 1.72. The molecule has 0 aromatic rings. The van der Waals surface area contributed by atoms with Crippen LogP contribution in [0.4, 0.5) is 0 Å². The summed E-state index contributed by atoms with van der Waals surface area (Å²) in [6.07, 6.45) is 9.90. The molecule has 3 unspecified atom stereocenters. The highest BCUT2D eigenvalue weighted by molar-refractivity contribution is 5.93. The van der Waals surface area contributed by atoms with E-state index < -0.39 is 0 Å². The zero-order chi connectivity index (χ0) is 17.3. The highest BCUT2D eigenvalue weighted by Crippen LogP contribution is 2.67. The van der Waals surface area contributed by atoms with E-state index in [1.165, 1.54) is 31.3 Å². The summed E-state index contributed by atoms with van der Waals surface area (Å²) in [5.74, 6) is 3.66. The average Bonchev–Trinajstić information content (AvgIpc) is 2.87. The lowest BCUT2D eigenvalue weighted by atomic mass is 9.44. The lowest BCUT2D eigenvalue weighted by molar-refractivity contribution is -0.125. The van der Waals surface area contributed by atoms with Gasteiger partial charge in [0.1, 0.15) is 0 Å². The van der Waals surface area contributed by atoms with E-state index in [1.807, 2.05) is 13.2 Å². The molecule has 134 valence electrons. The zero-order valence-electron chi connectivity index (χ0n) is 16.1. The Kier molecular flexibility index (Phi) is 3.81. The molecule has 3 saturated carbocycles. The molecule has 4 aliphatic carbocycles. The highest BCUT2D eigenvalue weighted by atomic mass is 16.5. The van der Waals surface area contributed by atoms with Crippen molar-refractivity contribution >= 4 is 5.78 Å². The fraction of sp³-hybridized carbons (Fsp3) is 0.864. The number of carbonyl (C=O) groups is 1. The lowest BCUT2D eigenvalue weighted by Crippen LogP contribution is -2.54. The van der Waals surface area contributed by atoms with Gasteiger partial charge in [0.05, 0.1) is 6.10 Å². The Bertz CT molecular complexity index is 579. The second-order valence-electron chi connectivity index (χ2n) is 9.91. The monoisotopic (exact) mass is 330 g/mol. The van der Waals surface area contributed by atoms with E-state index in [2.05, 4.69) is 27.7 Å². The third-order valence-corrected chi connectivity index (χ3v) is 8.81. The van der Waals surface area contributed by atoms with Crippen LogP contribution in [0.5, 0.6) is 0 Å². The number of hydrogen-bond donors (Lipinski definition) is 0. The summed E-state index contributed by atoms with van der Waals surface area (Å²) in [4.78, 5) is 12.3. The third-order valence-electron chi connectivity index (χ3n) is 8.81. The van der Waals surface area contributed by atoms with Crippen LogP contribution < -0.4 is 0 Å². The molecule has 0 saturated heterocycles. The van der Waals surface area contributed by atoms with Gasteiger partial charge in [-0.1, -0.05) is 33.3 Å². The maximum atomic E-state index is 12.3. The minimum absolute atomic E-state index is 0.205. The van der Waals surface area contributed by atoms with Gasteiger partial charge in [-0.15, -0.1) is 0 Å². The average molecular weight is 331 g/mol. The van der Waals surface area contributed by atoms with Crippen LogP contribution in [0.25, 0.3) is 0 Å². The number of allylic oxidation sites excluding steroid dienone is 1. The van der Waals surface area contributed by atoms with Crippen molar-refractivity contribution in [3.8, 4) is 0 Å². The maximum absolute atomic E-state index is 12.3. The standard InChI is InChI=1S/C22H34O2/c1-13-10-15-11-18(23)14(2)12-22(15,4)17-8-9-21(3)16(20(13)17)6-7-19(21)24-5/h11,13-14,16-17,19-20H,6-10,12H2,1-5H3/t13?,14?,16-,17+,19?,20-,21-,22-/m0/s1. The van der Waals surface area contributed by atoms with Gasteiger partial charge in [0, 0.05) is 13.0 Å². The SMILES string of the molecule is COC1CC[C@H]2[C@@H]3C(C)CC4=CC(=O)C(C)C[C@]4(C)[C@@H]3CC[C@]12C. The van der Waals surface area contributed by atoms with Gasteiger partial charge in [-0.3, -0.25) is 4.79 Å². The van der Waals surface area contributed by atoms with Gasteiger partial charge in [-0.05, 0) is 79.1 Å². The van der Waals surface area contributed by atoms with Crippen molar-refractivity contribution in [1.29, 1.82) is 0 Å². The molecule has 2 heteroatoms. The van der Waals surface area contributed by atoms with E-state index in [4.69, 9.17) is 4.74 Å². The zero-order valence-corrected chi connectivity index (χ0v) is 16.1. The fourth-order valence-electron chi connectivity index (χ4n) is 7.58. The molecule has 3 fully saturated rings. The van der Waals surface area contributed by atoms with Crippen molar-refractivity contribution in [2.45, 2.75) is 72.3 Å². The molecule has 0 heterocycles. The minimum atomic E-state index is 0.205. The van der Waals surface area contributed by atoms with Gasteiger partial charge in [0.15, 0.2) is 5.78 Å². The molecular formula is C22H34O2. The molecule has 0 radical (unpaired) electrons. The first-order chi connectivity index (χ1) is 11.3. The third kappa shape index (κ3) is 2.08. The van der Waals surface area contributed by atoms with Crippen molar-refractivity contribution in [2.75, 3.05) is 7.11 Å². The van der Waals surface area contributed by atoms with Gasteiger partial charge in [-0.25, -0.2) is 0 Å². The topological polar surface area (TPSA) is 26.3 Å². The molecule has 4 aliphatic rings. The van der Waals surface area contributed by atoms with Crippen molar-refractivity contribution < 1.29 is 9.53 Å². The first kappa shape index (κ1) is 16.8. The van der Waals surface area contributed by atoms with Gasteiger partial charge in [0.25, 0.3) is 0 Å². The van der Waals surface area contributed by atoms with Crippen LogP contribution in [-0.4, -0.2) is 19.0 Å². The van der Waals surface area contributed by atoms with Crippen LogP contribution in [0.15, 0.2) is 11.6 Å². The lowest BCUT2D eigenvalue weighted by Gasteiger charge is -2.60. The Morgan fingerprint density at radius 1 is 1.12 bits per heavy atom. The Labute approximate surface area is 147 Å². The first-order valence-electron chi connectivity index (χ1n) is 10.1. The molecular weight excluding hydrogens is 296 g/mol. The molecule has 4 rings (SSSR count). The Morgan fingerprint density at radius 3 is 2.58 bits per heavy atom. The summed E-state index contributed by atoms with van der Waals surface area (Å²) in [7, 11) is 1.91. The minimum Gasteiger partial charge on any atom is -0.381 e. The second kappa shape index (κ2) is 5.43. The molecule has 0 spiro atoms. The molecule has 0 amide bonds. The van der Waals surface area contributed by atoms with Crippen LogP contribution in [0.2, 0.25) is 0 Å². The molecule has 24 heavy (non-hydrogen) atoms. The quantitative estimate of drug-likeness (QED) is 0.674. The second-order valence-corrected chi connectivity index (χ2v) is 9.91. The summed E-state index contributed by atoms with van der Waals surface area (Å²) in [5.41, 5.74) is 2.11. The number of fused-ring (bicyclic) bond motifs is 5. The van der Waals surface area contributed by atoms with E-state index in [0.717, 1.165) is 30.6 Å². The van der Waals surface area contributed by atoms with E-state index in [1.54, 1.807) is 0 Å². The van der Waals surface area contributed by atoms with Crippen molar-refractivity contribution in [2.24, 2.45) is 40.4 Å². The number of carbonyl (C=O) groups excluding carboxylic acids is 1. The molecule has 0 aromatic heterocycles. The number of ketones is 1. The van der Waals surface area contributed by atoms with E-state index in [-0.39, 0.29) is 11.3 Å². The predicted molar refractivity (Wildman–Crippen MR) is 96.6 cm³/mol. The highest BCUT2D eigenvalue weighted by Gasteiger charge is 2.61. The summed E-state index contributed by atoms with van der Waals surface area (Å²) in [6, 6.07) is 0. The molecule has 8 atom stereocenters. The Morgan fingerprint density at radius 2 is 1.88 bits per heavy atom. The molecule has 2 nitrogen and oxygen atoms in total. The summed E-state index contributed by atoms with van der Waals surface area (Å²) >= 11 is 0. The predicted octanol–water partition coefficient (Wildman–Crippen LogP) is 5.03. The van der Waals surface area contributed by atoms with Gasteiger partial charge < -0.3 is 4.74 Å². The first-order valence-corrected chi connectivity index (χ1v) is 10.1. The largest absolute Gasteiger partial charge is 0.381 e. The van der Waals surface area contributed by atoms with Gasteiger partial charge >= 0.3 is 0 Å². The van der Waals surface area contributed by atoms with Crippen LogP contribution in [0, 0.1) is 40.4 Å².